The van der Waals surface area contributed by atoms with Crippen molar-refractivity contribution in [1.29, 1.82) is 0 Å². The summed E-state index contributed by atoms with van der Waals surface area (Å²) in [5.41, 5.74) is 0.890. The van der Waals surface area contributed by atoms with Gasteiger partial charge in [-0.25, -0.2) is 14.4 Å². The van der Waals surface area contributed by atoms with Crippen molar-refractivity contribution in [2.45, 2.75) is 77.7 Å². The molecular formula is C28H41N7O4. The predicted octanol–water partition coefficient (Wildman–Crippen LogP) is 2.94. The van der Waals surface area contributed by atoms with E-state index in [2.05, 4.69) is 25.8 Å². The molecule has 2 aliphatic heterocycles. The molecule has 2 fully saturated rings. The molecule has 2 saturated heterocycles. The number of aromatic nitrogens is 2. The smallest absolute Gasteiger partial charge is 0.407 e. The van der Waals surface area contributed by atoms with Gasteiger partial charge in [-0.3, -0.25) is 14.8 Å². The Balaban J connectivity index is 1.29. The standard InChI is InChI=1S/C28H41N7O4/c1-19-17-35(20(2)16-29-19)26(37)32-24-12-15-34(25(36)31-24)23-8-6-21(7-9-23)18-33-13-10-22(11-14-33)30-27(38)39-28(3,4)5/h6-9,12,15,19-20,22,29H,10-11,13-14,16-18H2,1-5H3,(H,30,38)(H,31,32,36,37)/t19-,20+/m1/s1. The number of alkyl carbamates (subject to hydrolysis) is 1. The Morgan fingerprint density at radius 3 is 2.44 bits per heavy atom. The fourth-order valence-electron chi connectivity index (χ4n) is 4.88. The number of nitrogens with one attached hydrogen (secondary N) is 3. The van der Waals surface area contributed by atoms with Gasteiger partial charge >= 0.3 is 17.8 Å². The minimum absolute atomic E-state index is 0.0559. The molecule has 39 heavy (non-hydrogen) atoms. The third-order valence-electron chi connectivity index (χ3n) is 6.99. The van der Waals surface area contributed by atoms with Crippen molar-refractivity contribution in [2.75, 3.05) is 31.5 Å². The summed E-state index contributed by atoms with van der Waals surface area (Å²) in [7, 11) is 0. The Bertz CT molecular complexity index is 1200. The molecule has 2 aromatic rings. The second-order valence-electron chi connectivity index (χ2n) is 11.6. The van der Waals surface area contributed by atoms with E-state index < -0.39 is 11.3 Å². The maximum absolute atomic E-state index is 12.7. The van der Waals surface area contributed by atoms with Crippen LogP contribution in [0.5, 0.6) is 0 Å². The predicted molar refractivity (Wildman–Crippen MR) is 150 cm³/mol. The Kier molecular flexibility index (Phi) is 8.91. The normalized spacial score (nSPS) is 20.9. The summed E-state index contributed by atoms with van der Waals surface area (Å²) < 4.78 is 6.82. The zero-order valence-electron chi connectivity index (χ0n) is 23.6. The molecule has 3 amide bonds. The fraction of sp³-hybridized carbons (Fsp3) is 0.571. The van der Waals surface area contributed by atoms with Crippen LogP contribution in [-0.4, -0.2) is 81.4 Å². The van der Waals surface area contributed by atoms with Gasteiger partial charge in [-0.2, -0.15) is 4.98 Å². The van der Waals surface area contributed by atoms with Gasteiger partial charge in [0, 0.05) is 57.0 Å². The van der Waals surface area contributed by atoms with Crippen molar-refractivity contribution in [3.05, 3.63) is 52.6 Å². The molecule has 0 radical (unpaired) electrons. The van der Waals surface area contributed by atoms with Crippen molar-refractivity contribution in [3.63, 3.8) is 0 Å². The van der Waals surface area contributed by atoms with Crippen LogP contribution < -0.4 is 21.6 Å². The van der Waals surface area contributed by atoms with Crippen molar-refractivity contribution in [1.82, 2.24) is 30.0 Å². The monoisotopic (exact) mass is 539 g/mol. The molecule has 3 heterocycles. The number of hydrogen-bond acceptors (Lipinski definition) is 7. The number of amides is 3. The lowest BCUT2D eigenvalue weighted by molar-refractivity contribution is 0.0477. The maximum Gasteiger partial charge on any atom is 0.407 e. The average Bonchev–Trinajstić information content (AvgIpc) is 2.86. The Morgan fingerprint density at radius 1 is 1.10 bits per heavy atom. The molecule has 0 bridgehead atoms. The Hall–Kier alpha value is -3.44. The number of carbonyl (C=O) groups is 2. The van der Waals surface area contributed by atoms with Gasteiger partial charge in [0.2, 0.25) is 0 Å². The van der Waals surface area contributed by atoms with Crippen LogP contribution in [0, 0.1) is 0 Å². The molecule has 1 aromatic carbocycles. The molecule has 2 aliphatic rings. The number of ether oxygens (including phenoxy) is 1. The molecule has 11 heteroatoms. The van der Waals surface area contributed by atoms with Crippen molar-refractivity contribution >= 4 is 17.9 Å². The first-order valence-corrected chi connectivity index (χ1v) is 13.7. The lowest BCUT2D eigenvalue weighted by Gasteiger charge is -2.37. The van der Waals surface area contributed by atoms with Crippen molar-refractivity contribution < 1.29 is 14.3 Å². The summed E-state index contributed by atoms with van der Waals surface area (Å²) in [5.74, 6) is 0.237. The number of piperazine rings is 1. The van der Waals surface area contributed by atoms with Gasteiger partial charge in [0.05, 0.1) is 5.69 Å². The van der Waals surface area contributed by atoms with Gasteiger partial charge in [0.1, 0.15) is 11.4 Å². The number of hydrogen-bond donors (Lipinski definition) is 3. The quantitative estimate of drug-likeness (QED) is 0.534. The molecule has 1 aromatic heterocycles. The second kappa shape index (κ2) is 12.2. The molecule has 2 atom stereocenters. The first-order chi connectivity index (χ1) is 18.5. The number of urea groups is 1. The van der Waals surface area contributed by atoms with E-state index in [9.17, 15) is 14.4 Å². The van der Waals surface area contributed by atoms with Crippen LogP contribution in [0.4, 0.5) is 15.4 Å². The third-order valence-corrected chi connectivity index (χ3v) is 6.99. The SMILES string of the molecule is C[C@@H]1CN(C(=O)Nc2ccn(-c3ccc(CN4CCC(NC(=O)OC(C)(C)C)CC4)cc3)c(=O)n2)[C@@H](C)CN1. The second-order valence-corrected chi connectivity index (χ2v) is 11.6. The maximum atomic E-state index is 12.7. The topological polar surface area (TPSA) is 121 Å². The minimum Gasteiger partial charge on any atom is -0.444 e. The van der Waals surface area contributed by atoms with Crippen LogP contribution in [0.2, 0.25) is 0 Å². The van der Waals surface area contributed by atoms with Crippen LogP contribution in [0.25, 0.3) is 5.69 Å². The Morgan fingerprint density at radius 2 is 1.79 bits per heavy atom. The number of carbonyl (C=O) groups excluding carboxylic acids is 2. The lowest BCUT2D eigenvalue weighted by Crippen LogP contribution is -2.57. The van der Waals surface area contributed by atoms with E-state index in [4.69, 9.17) is 4.74 Å². The van der Waals surface area contributed by atoms with E-state index in [0.717, 1.165) is 44.6 Å². The zero-order valence-corrected chi connectivity index (χ0v) is 23.6. The summed E-state index contributed by atoms with van der Waals surface area (Å²) in [6.45, 7) is 13.5. The molecule has 0 aliphatic carbocycles. The summed E-state index contributed by atoms with van der Waals surface area (Å²) in [6.07, 6.45) is 3.01. The van der Waals surface area contributed by atoms with Gasteiger partial charge in [-0.1, -0.05) is 12.1 Å². The van der Waals surface area contributed by atoms with E-state index in [1.165, 1.54) is 4.57 Å². The van der Waals surface area contributed by atoms with Crippen LogP contribution in [0.15, 0.2) is 41.3 Å². The van der Waals surface area contributed by atoms with Crippen LogP contribution in [-0.2, 0) is 11.3 Å². The lowest BCUT2D eigenvalue weighted by atomic mass is 10.0. The summed E-state index contributed by atoms with van der Waals surface area (Å²) in [6, 6.07) is 9.59. The van der Waals surface area contributed by atoms with Gasteiger partial charge < -0.3 is 20.3 Å². The highest BCUT2D eigenvalue weighted by Crippen LogP contribution is 2.17. The number of anilines is 1. The van der Waals surface area contributed by atoms with Gasteiger partial charge in [-0.05, 0) is 71.2 Å². The summed E-state index contributed by atoms with van der Waals surface area (Å²) >= 11 is 0. The van der Waals surface area contributed by atoms with Gasteiger partial charge in [-0.15, -0.1) is 0 Å². The molecular weight excluding hydrogens is 498 g/mol. The van der Waals surface area contributed by atoms with E-state index in [-0.39, 0.29) is 36.1 Å². The van der Waals surface area contributed by atoms with Gasteiger partial charge in [0.25, 0.3) is 0 Å². The minimum atomic E-state index is -0.501. The van der Waals surface area contributed by atoms with Crippen molar-refractivity contribution in [2.24, 2.45) is 0 Å². The van der Waals surface area contributed by atoms with Crippen molar-refractivity contribution in [3.8, 4) is 5.69 Å². The highest BCUT2D eigenvalue weighted by atomic mass is 16.6. The van der Waals surface area contributed by atoms with Crippen LogP contribution >= 0.6 is 0 Å². The van der Waals surface area contributed by atoms with Crippen LogP contribution in [0.3, 0.4) is 0 Å². The highest BCUT2D eigenvalue weighted by molar-refractivity contribution is 5.88. The fourth-order valence-corrected chi connectivity index (χ4v) is 4.88. The third kappa shape index (κ3) is 8.03. The number of likely N-dealkylation sites (tertiary alicyclic amines) is 1. The molecule has 3 N–H and O–H groups in total. The molecule has 0 unspecified atom stereocenters. The highest BCUT2D eigenvalue weighted by Gasteiger charge is 2.27. The van der Waals surface area contributed by atoms with Gasteiger partial charge in [0.15, 0.2) is 0 Å². The van der Waals surface area contributed by atoms with E-state index in [1.807, 2.05) is 58.9 Å². The van der Waals surface area contributed by atoms with E-state index in [0.29, 0.717) is 12.2 Å². The number of nitrogens with zero attached hydrogens (tertiary/aromatic N) is 4. The Labute approximate surface area is 229 Å². The molecule has 11 nitrogen and oxygen atoms in total. The first-order valence-electron chi connectivity index (χ1n) is 13.7. The molecule has 212 valence electrons. The molecule has 0 saturated carbocycles. The zero-order chi connectivity index (χ0) is 28.2. The van der Waals surface area contributed by atoms with Crippen LogP contribution in [0.1, 0.15) is 53.0 Å². The molecule has 0 spiro atoms. The number of rotatable bonds is 5. The number of piperidine rings is 1. The van der Waals surface area contributed by atoms with E-state index in [1.54, 1.807) is 17.2 Å². The largest absolute Gasteiger partial charge is 0.444 e. The average molecular weight is 540 g/mol. The molecule has 4 rings (SSSR count). The summed E-state index contributed by atoms with van der Waals surface area (Å²) in [4.78, 5) is 45.7. The first kappa shape index (κ1) is 28.6. The number of benzene rings is 1. The van der Waals surface area contributed by atoms with E-state index >= 15 is 0 Å². The summed E-state index contributed by atoms with van der Waals surface area (Å²) in [5, 5.41) is 9.07.